The van der Waals surface area contributed by atoms with Crippen LogP contribution in [0.25, 0.3) is 10.9 Å². The van der Waals surface area contributed by atoms with Gasteiger partial charge in [0.2, 0.25) is 0 Å². The van der Waals surface area contributed by atoms with Crippen LogP contribution in [-0.2, 0) is 0 Å². The summed E-state index contributed by atoms with van der Waals surface area (Å²) >= 11 is 0. The van der Waals surface area contributed by atoms with Crippen LogP contribution in [0.1, 0.15) is 25.1 Å². The molecule has 2 N–H and O–H groups in total. The summed E-state index contributed by atoms with van der Waals surface area (Å²) in [5, 5.41) is 13.9. The summed E-state index contributed by atoms with van der Waals surface area (Å²) in [4.78, 5) is 4.72. The van der Waals surface area contributed by atoms with E-state index in [4.69, 9.17) is 10.1 Å². The molecule has 1 aliphatic carbocycles. The van der Waals surface area contributed by atoms with Crippen LogP contribution in [0.3, 0.4) is 0 Å². The molecule has 0 fully saturated rings. The van der Waals surface area contributed by atoms with Gasteiger partial charge < -0.3 is 10.4 Å². The zero-order chi connectivity index (χ0) is 13.9. The highest BCUT2D eigenvalue weighted by molar-refractivity contribution is 5.78. The average Bonchev–Trinajstić information content (AvgIpc) is 2.94. The first-order valence-corrected chi connectivity index (χ1v) is 7.17. The van der Waals surface area contributed by atoms with E-state index in [0.717, 1.165) is 17.6 Å². The molecule has 1 aromatic carbocycles. The smallest absolute Gasteiger partial charge is 0.0706 e. The maximum absolute atomic E-state index is 9.16. The second-order valence-electron chi connectivity index (χ2n) is 5.49. The van der Waals surface area contributed by atoms with Gasteiger partial charge in [0.15, 0.2) is 0 Å². The number of benzene rings is 1. The summed E-state index contributed by atoms with van der Waals surface area (Å²) in [6.45, 7) is 2.37. The number of fused-ring (bicyclic) bond motifs is 1. The number of aromatic nitrogens is 1. The maximum atomic E-state index is 9.16. The summed E-state index contributed by atoms with van der Waals surface area (Å²) in [5.74, 6) is 0.296. The zero-order valence-corrected chi connectivity index (χ0v) is 11.7. The molecule has 0 saturated heterocycles. The van der Waals surface area contributed by atoms with Gasteiger partial charge in [-0.05, 0) is 25.5 Å². The molecule has 0 aliphatic heterocycles. The van der Waals surface area contributed by atoms with Crippen molar-refractivity contribution in [3.05, 3.63) is 54.2 Å². The Labute approximate surface area is 119 Å². The Morgan fingerprint density at radius 2 is 2.10 bits per heavy atom. The molecular formula is C17H20N2O. The summed E-state index contributed by atoms with van der Waals surface area (Å²) in [6.07, 6.45) is 5.21. The number of hydrogen-bond acceptors (Lipinski definition) is 3. The molecule has 3 heteroatoms. The number of para-hydroxylation sites is 1. The summed E-state index contributed by atoms with van der Waals surface area (Å²) < 4.78 is 0. The van der Waals surface area contributed by atoms with Gasteiger partial charge in [-0.1, -0.05) is 36.4 Å². The minimum Gasteiger partial charge on any atom is -0.396 e. The first kappa shape index (κ1) is 13.3. The Balaban J connectivity index is 1.72. The Morgan fingerprint density at radius 1 is 1.25 bits per heavy atom. The van der Waals surface area contributed by atoms with Crippen molar-refractivity contribution < 1.29 is 5.11 Å². The van der Waals surface area contributed by atoms with Gasteiger partial charge in [-0.3, -0.25) is 4.98 Å². The van der Waals surface area contributed by atoms with Crippen molar-refractivity contribution in [2.45, 2.75) is 25.4 Å². The standard InChI is InChI=1S/C17H20N2O/c1-12(18-15-8-6-13(10-15)11-20)16-9-7-14-4-2-3-5-17(14)19-16/h2-9,12-13,15,18,20H,10-11H2,1H3/t12-,13+,15-/m1/s1. The van der Waals surface area contributed by atoms with Crippen molar-refractivity contribution in [3.63, 3.8) is 0 Å². The molecule has 0 unspecified atom stereocenters. The van der Waals surface area contributed by atoms with E-state index in [1.54, 1.807) is 0 Å². The van der Waals surface area contributed by atoms with Crippen LogP contribution in [0.2, 0.25) is 0 Å². The van der Waals surface area contributed by atoms with Crippen molar-refractivity contribution >= 4 is 10.9 Å². The van der Waals surface area contributed by atoms with Gasteiger partial charge >= 0.3 is 0 Å². The third-order valence-electron chi connectivity index (χ3n) is 3.93. The lowest BCUT2D eigenvalue weighted by Gasteiger charge is -2.19. The summed E-state index contributed by atoms with van der Waals surface area (Å²) in [6, 6.07) is 12.9. The molecule has 3 rings (SSSR count). The molecule has 2 aromatic rings. The van der Waals surface area contributed by atoms with Crippen LogP contribution in [0, 0.1) is 5.92 Å². The van der Waals surface area contributed by atoms with Gasteiger partial charge in [0.25, 0.3) is 0 Å². The van der Waals surface area contributed by atoms with Gasteiger partial charge in [0.1, 0.15) is 0 Å². The van der Waals surface area contributed by atoms with Gasteiger partial charge in [-0.25, -0.2) is 0 Å². The maximum Gasteiger partial charge on any atom is 0.0706 e. The number of nitrogens with one attached hydrogen (secondary N) is 1. The lowest BCUT2D eigenvalue weighted by Crippen LogP contribution is -2.29. The predicted octanol–water partition coefficient (Wildman–Crippen LogP) is 2.82. The normalized spacial score (nSPS) is 23.3. The number of nitrogens with zero attached hydrogens (tertiary/aromatic N) is 1. The summed E-state index contributed by atoms with van der Waals surface area (Å²) in [5.41, 5.74) is 2.10. The van der Waals surface area contributed by atoms with Crippen LogP contribution in [0.15, 0.2) is 48.6 Å². The van der Waals surface area contributed by atoms with Crippen molar-refractivity contribution in [1.29, 1.82) is 0 Å². The van der Waals surface area contributed by atoms with Crippen molar-refractivity contribution in [1.82, 2.24) is 10.3 Å². The van der Waals surface area contributed by atoms with Crippen LogP contribution in [-0.4, -0.2) is 22.7 Å². The zero-order valence-electron chi connectivity index (χ0n) is 11.7. The number of pyridine rings is 1. The predicted molar refractivity (Wildman–Crippen MR) is 81.4 cm³/mol. The van der Waals surface area contributed by atoms with Crippen LogP contribution in [0.5, 0.6) is 0 Å². The highest BCUT2D eigenvalue weighted by atomic mass is 16.3. The second kappa shape index (κ2) is 5.73. The minimum atomic E-state index is 0.201. The molecule has 104 valence electrons. The van der Waals surface area contributed by atoms with E-state index in [1.807, 2.05) is 18.2 Å². The Bertz CT molecular complexity index is 623. The van der Waals surface area contributed by atoms with E-state index in [2.05, 4.69) is 42.6 Å². The largest absolute Gasteiger partial charge is 0.396 e. The molecule has 3 nitrogen and oxygen atoms in total. The second-order valence-corrected chi connectivity index (χ2v) is 5.49. The first-order valence-electron chi connectivity index (χ1n) is 7.17. The SMILES string of the molecule is C[C@@H](N[C@@H]1C=C[C@H](CO)C1)c1ccc2ccccc2n1. The molecule has 20 heavy (non-hydrogen) atoms. The van der Waals surface area contributed by atoms with E-state index in [1.165, 1.54) is 5.39 Å². The Morgan fingerprint density at radius 3 is 2.90 bits per heavy atom. The lowest BCUT2D eigenvalue weighted by atomic mass is 10.1. The van der Waals surface area contributed by atoms with Crippen molar-refractivity contribution in [3.8, 4) is 0 Å². The highest BCUT2D eigenvalue weighted by Crippen LogP contribution is 2.21. The molecule has 0 spiro atoms. The quantitative estimate of drug-likeness (QED) is 0.838. The lowest BCUT2D eigenvalue weighted by molar-refractivity contribution is 0.245. The number of rotatable bonds is 4. The molecule has 0 amide bonds. The van der Waals surface area contributed by atoms with E-state index >= 15 is 0 Å². The van der Waals surface area contributed by atoms with E-state index in [0.29, 0.717) is 12.0 Å². The van der Waals surface area contributed by atoms with Crippen LogP contribution in [0.4, 0.5) is 0 Å². The average molecular weight is 268 g/mol. The molecular weight excluding hydrogens is 248 g/mol. The molecule has 1 aliphatic rings. The third-order valence-corrected chi connectivity index (χ3v) is 3.93. The fourth-order valence-electron chi connectivity index (χ4n) is 2.76. The Hall–Kier alpha value is -1.71. The number of aliphatic hydroxyl groups is 1. The van der Waals surface area contributed by atoms with Gasteiger partial charge in [0.05, 0.1) is 11.2 Å². The van der Waals surface area contributed by atoms with Crippen LogP contribution >= 0.6 is 0 Å². The van der Waals surface area contributed by atoms with Crippen molar-refractivity contribution in [2.75, 3.05) is 6.61 Å². The molecule has 0 bridgehead atoms. The fourth-order valence-corrected chi connectivity index (χ4v) is 2.76. The first-order chi connectivity index (χ1) is 9.76. The molecule has 0 radical (unpaired) electrons. The molecule has 3 atom stereocenters. The third kappa shape index (κ3) is 2.74. The monoisotopic (exact) mass is 268 g/mol. The van der Waals surface area contributed by atoms with E-state index in [-0.39, 0.29) is 12.6 Å². The van der Waals surface area contributed by atoms with Gasteiger partial charge in [-0.2, -0.15) is 0 Å². The molecule has 1 heterocycles. The Kier molecular flexibility index (Phi) is 3.81. The van der Waals surface area contributed by atoms with Crippen molar-refractivity contribution in [2.24, 2.45) is 5.92 Å². The van der Waals surface area contributed by atoms with Gasteiger partial charge in [0, 0.05) is 30.0 Å². The summed E-state index contributed by atoms with van der Waals surface area (Å²) in [7, 11) is 0. The molecule has 0 saturated carbocycles. The highest BCUT2D eigenvalue weighted by Gasteiger charge is 2.20. The van der Waals surface area contributed by atoms with E-state index < -0.39 is 0 Å². The topological polar surface area (TPSA) is 45.1 Å². The minimum absolute atomic E-state index is 0.201. The van der Waals surface area contributed by atoms with Gasteiger partial charge in [-0.15, -0.1) is 0 Å². The molecule has 1 aromatic heterocycles. The fraction of sp³-hybridized carbons (Fsp3) is 0.353. The number of aliphatic hydroxyl groups excluding tert-OH is 1. The van der Waals surface area contributed by atoms with E-state index in [9.17, 15) is 0 Å². The van der Waals surface area contributed by atoms with Crippen LogP contribution < -0.4 is 5.32 Å². The number of hydrogen-bond donors (Lipinski definition) is 2.